The highest BCUT2D eigenvalue weighted by Gasteiger charge is 2.21. The van der Waals surface area contributed by atoms with Crippen molar-refractivity contribution in [3.05, 3.63) is 51.8 Å². The number of benzene rings is 1. The van der Waals surface area contributed by atoms with E-state index in [2.05, 4.69) is 64.5 Å². The summed E-state index contributed by atoms with van der Waals surface area (Å²) in [6.45, 7) is 5.24. The standard InChI is InChI=1S/C15H20BrN3/c1-4-11-8-6-7-9-12(11)14(17-5-2)15-13(16)10-18-19(15)3/h6-10,14,17H,4-5H2,1-3H3. The van der Waals surface area contributed by atoms with Crippen molar-refractivity contribution in [3.8, 4) is 0 Å². The van der Waals surface area contributed by atoms with E-state index in [4.69, 9.17) is 0 Å². The minimum absolute atomic E-state index is 0.169. The molecule has 1 heterocycles. The van der Waals surface area contributed by atoms with Crippen molar-refractivity contribution in [2.24, 2.45) is 7.05 Å². The Kier molecular flexibility index (Phi) is 4.77. The molecule has 0 aliphatic heterocycles. The van der Waals surface area contributed by atoms with Gasteiger partial charge in [0.2, 0.25) is 0 Å². The lowest BCUT2D eigenvalue weighted by molar-refractivity contribution is 0.567. The average Bonchev–Trinajstić information content (AvgIpc) is 2.76. The molecule has 0 fully saturated rings. The maximum Gasteiger partial charge on any atom is 0.0762 e. The third-order valence-electron chi connectivity index (χ3n) is 3.37. The number of aryl methyl sites for hydroxylation is 2. The number of aromatic nitrogens is 2. The van der Waals surface area contributed by atoms with Crippen molar-refractivity contribution in [2.45, 2.75) is 26.3 Å². The van der Waals surface area contributed by atoms with Gasteiger partial charge in [-0.05, 0) is 40.0 Å². The molecule has 0 saturated carbocycles. The van der Waals surface area contributed by atoms with Gasteiger partial charge in [0.25, 0.3) is 0 Å². The third kappa shape index (κ3) is 2.90. The minimum Gasteiger partial charge on any atom is -0.305 e. The normalized spacial score (nSPS) is 12.6. The van der Waals surface area contributed by atoms with E-state index in [9.17, 15) is 0 Å². The molecule has 102 valence electrons. The van der Waals surface area contributed by atoms with E-state index in [0.717, 1.165) is 17.4 Å². The highest BCUT2D eigenvalue weighted by atomic mass is 79.9. The van der Waals surface area contributed by atoms with Crippen LogP contribution in [0.4, 0.5) is 0 Å². The molecule has 0 bridgehead atoms. The minimum atomic E-state index is 0.169. The van der Waals surface area contributed by atoms with Crippen LogP contribution in [0.3, 0.4) is 0 Å². The Labute approximate surface area is 123 Å². The van der Waals surface area contributed by atoms with Crippen LogP contribution in [-0.2, 0) is 13.5 Å². The van der Waals surface area contributed by atoms with Crippen LogP contribution in [0.5, 0.6) is 0 Å². The molecular formula is C15H20BrN3. The highest BCUT2D eigenvalue weighted by molar-refractivity contribution is 9.10. The van der Waals surface area contributed by atoms with Crippen LogP contribution in [0.2, 0.25) is 0 Å². The van der Waals surface area contributed by atoms with Crippen LogP contribution in [0, 0.1) is 0 Å². The summed E-state index contributed by atoms with van der Waals surface area (Å²) in [5, 5.41) is 7.90. The first-order valence-electron chi connectivity index (χ1n) is 6.67. The van der Waals surface area contributed by atoms with Gasteiger partial charge in [0, 0.05) is 7.05 Å². The molecule has 0 radical (unpaired) electrons. The summed E-state index contributed by atoms with van der Waals surface area (Å²) in [7, 11) is 1.99. The van der Waals surface area contributed by atoms with Gasteiger partial charge in [-0.25, -0.2) is 0 Å². The van der Waals surface area contributed by atoms with Crippen LogP contribution in [-0.4, -0.2) is 16.3 Å². The molecule has 19 heavy (non-hydrogen) atoms. The number of rotatable bonds is 5. The van der Waals surface area contributed by atoms with Crippen LogP contribution >= 0.6 is 15.9 Å². The van der Waals surface area contributed by atoms with Gasteiger partial charge in [0.15, 0.2) is 0 Å². The van der Waals surface area contributed by atoms with Gasteiger partial charge in [-0.1, -0.05) is 38.1 Å². The predicted molar refractivity (Wildman–Crippen MR) is 82.2 cm³/mol. The largest absolute Gasteiger partial charge is 0.305 e. The molecule has 0 saturated heterocycles. The Bertz CT molecular complexity index is 529. The molecule has 2 rings (SSSR count). The van der Waals surface area contributed by atoms with Crippen LogP contribution in [0.25, 0.3) is 0 Å². The zero-order valence-corrected chi connectivity index (χ0v) is 13.2. The Balaban J connectivity index is 2.51. The Morgan fingerprint density at radius 3 is 2.63 bits per heavy atom. The van der Waals surface area contributed by atoms with Gasteiger partial charge >= 0.3 is 0 Å². The SMILES string of the molecule is CCNC(c1ccccc1CC)c1c(Br)cnn1C. The molecule has 1 aromatic heterocycles. The number of nitrogens with one attached hydrogen (secondary N) is 1. The highest BCUT2D eigenvalue weighted by Crippen LogP contribution is 2.30. The van der Waals surface area contributed by atoms with Gasteiger partial charge in [-0.3, -0.25) is 4.68 Å². The smallest absolute Gasteiger partial charge is 0.0762 e. The molecule has 0 spiro atoms. The van der Waals surface area contributed by atoms with Gasteiger partial charge in [-0.2, -0.15) is 5.10 Å². The summed E-state index contributed by atoms with van der Waals surface area (Å²) < 4.78 is 2.98. The fourth-order valence-electron chi connectivity index (χ4n) is 2.44. The molecule has 2 aromatic rings. The van der Waals surface area contributed by atoms with Crippen molar-refractivity contribution in [1.82, 2.24) is 15.1 Å². The quantitative estimate of drug-likeness (QED) is 0.914. The summed E-state index contributed by atoms with van der Waals surface area (Å²) in [6, 6.07) is 8.77. The molecule has 0 amide bonds. The lowest BCUT2D eigenvalue weighted by Gasteiger charge is -2.22. The summed E-state index contributed by atoms with van der Waals surface area (Å²) in [4.78, 5) is 0. The first-order chi connectivity index (χ1) is 9.19. The van der Waals surface area contributed by atoms with E-state index in [1.54, 1.807) is 0 Å². The fourth-order valence-corrected chi connectivity index (χ4v) is 3.02. The molecule has 0 aliphatic rings. The molecule has 3 nitrogen and oxygen atoms in total. The predicted octanol–water partition coefficient (Wildman–Crippen LogP) is 3.44. The zero-order valence-electron chi connectivity index (χ0n) is 11.7. The van der Waals surface area contributed by atoms with Gasteiger partial charge in [-0.15, -0.1) is 0 Å². The van der Waals surface area contributed by atoms with E-state index in [1.807, 2.05) is 17.9 Å². The first kappa shape index (κ1) is 14.3. The third-order valence-corrected chi connectivity index (χ3v) is 3.98. The molecule has 1 unspecified atom stereocenters. The lowest BCUT2D eigenvalue weighted by atomic mass is 9.96. The monoisotopic (exact) mass is 321 g/mol. The second kappa shape index (κ2) is 6.35. The molecule has 4 heteroatoms. The maximum absolute atomic E-state index is 4.33. The second-order valence-corrected chi connectivity index (χ2v) is 5.40. The second-order valence-electron chi connectivity index (χ2n) is 4.54. The Morgan fingerprint density at radius 1 is 1.32 bits per heavy atom. The molecule has 0 aliphatic carbocycles. The number of hydrogen-bond donors (Lipinski definition) is 1. The maximum atomic E-state index is 4.33. The topological polar surface area (TPSA) is 29.9 Å². The van der Waals surface area contributed by atoms with E-state index in [0.29, 0.717) is 0 Å². The number of nitrogens with zero attached hydrogens (tertiary/aromatic N) is 2. The van der Waals surface area contributed by atoms with Crippen LogP contribution < -0.4 is 5.32 Å². The van der Waals surface area contributed by atoms with Gasteiger partial charge in [0.05, 0.1) is 22.4 Å². The molecular weight excluding hydrogens is 302 g/mol. The zero-order chi connectivity index (χ0) is 13.8. The fraction of sp³-hybridized carbons (Fsp3) is 0.400. The lowest BCUT2D eigenvalue weighted by Crippen LogP contribution is -2.25. The molecule has 1 atom stereocenters. The first-order valence-corrected chi connectivity index (χ1v) is 7.46. The number of hydrogen-bond acceptors (Lipinski definition) is 2. The molecule has 1 N–H and O–H groups in total. The van der Waals surface area contributed by atoms with E-state index >= 15 is 0 Å². The summed E-state index contributed by atoms with van der Waals surface area (Å²) in [5.41, 5.74) is 3.88. The Hall–Kier alpha value is -1.13. The van der Waals surface area contributed by atoms with E-state index < -0.39 is 0 Å². The Morgan fingerprint density at radius 2 is 2.05 bits per heavy atom. The van der Waals surface area contributed by atoms with Crippen molar-refractivity contribution < 1.29 is 0 Å². The van der Waals surface area contributed by atoms with Gasteiger partial charge < -0.3 is 5.32 Å². The van der Waals surface area contributed by atoms with Gasteiger partial charge in [0.1, 0.15) is 0 Å². The average molecular weight is 322 g/mol. The van der Waals surface area contributed by atoms with Crippen molar-refractivity contribution in [2.75, 3.05) is 6.54 Å². The van der Waals surface area contributed by atoms with Crippen molar-refractivity contribution >= 4 is 15.9 Å². The number of halogens is 1. The summed E-state index contributed by atoms with van der Waals surface area (Å²) >= 11 is 3.61. The van der Waals surface area contributed by atoms with Crippen molar-refractivity contribution in [3.63, 3.8) is 0 Å². The molecule has 1 aromatic carbocycles. The van der Waals surface area contributed by atoms with E-state index in [1.165, 1.54) is 16.8 Å². The van der Waals surface area contributed by atoms with E-state index in [-0.39, 0.29) is 6.04 Å². The summed E-state index contributed by atoms with van der Waals surface area (Å²) in [6.07, 6.45) is 2.89. The van der Waals surface area contributed by atoms with Crippen LogP contribution in [0.15, 0.2) is 34.9 Å². The van der Waals surface area contributed by atoms with Crippen LogP contribution in [0.1, 0.15) is 36.7 Å². The van der Waals surface area contributed by atoms with Crippen molar-refractivity contribution in [1.29, 1.82) is 0 Å². The summed E-state index contributed by atoms with van der Waals surface area (Å²) in [5.74, 6) is 0.